The summed E-state index contributed by atoms with van der Waals surface area (Å²) in [4.78, 5) is 33.0. The molecule has 2 amide bonds. The summed E-state index contributed by atoms with van der Waals surface area (Å²) in [5.74, 6) is 0.399. The molecule has 2 saturated carbocycles. The van der Waals surface area contributed by atoms with Crippen LogP contribution in [0.1, 0.15) is 51.0 Å². The normalized spacial score (nSPS) is 20.3. The van der Waals surface area contributed by atoms with Crippen LogP contribution in [0.25, 0.3) is 22.2 Å². The van der Waals surface area contributed by atoms with Crippen LogP contribution in [0.5, 0.6) is 0 Å². The Morgan fingerprint density at radius 3 is 2.74 bits per heavy atom. The minimum Gasteiger partial charge on any atom is -0.354 e. The van der Waals surface area contributed by atoms with Crippen LogP contribution >= 0.6 is 0 Å². The van der Waals surface area contributed by atoms with Gasteiger partial charge < -0.3 is 15.2 Å². The SMILES string of the molecule is CC(=O)N[C@@H]1CCCC(C(=O)Nc2cc(-c3cc(F)c4ncn(CC5CC5)c4c3)c(C)cn2)C1. The summed E-state index contributed by atoms with van der Waals surface area (Å²) in [6.45, 7) is 4.29. The van der Waals surface area contributed by atoms with Crippen molar-refractivity contribution < 1.29 is 14.0 Å². The molecule has 0 radical (unpaired) electrons. The summed E-state index contributed by atoms with van der Waals surface area (Å²) >= 11 is 0. The molecular formula is C26H30FN5O2. The van der Waals surface area contributed by atoms with Crippen molar-refractivity contribution in [1.29, 1.82) is 0 Å². The van der Waals surface area contributed by atoms with Gasteiger partial charge in [0.1, 0.15) is 11.3 Å². The van der Waals surface area contributed by atoms with Gasteiger partial charge in [0, 0.05) is 31.6 Å². The number of benzene rings is 1. The van der Waals surface area contributed by atoms with E-state index in [0.717, 1.165) is 48.0 Å². The van der Waals surface area contributed by atoms with Crippen LogP contribution in [0.15, 0.2) is 30.7 Å². The van der Waals surface area contributed by atoms with Crippen molar-refractivity contribution in [3.63, 3.8) is 0 Å². The Hall–Kier alpha value is -3.29. The Balaban J connectivity index is 1.38. The third kappa shape index (κ3) is 4.81. The van der Waals surface area contributed by atoms with Crippen LogP contribution in [0.2, 0.25) is 0 Å². The molecule has 1 aromatic carbocycles. The number of aryl methyl sites for hydroxylation is 1. The van der Waals surface area contributed by atoms with Gasteiger partial charge in [-0.3, -0.25) is 9.59 Å². The predicted molar refractivity (Wildman–Crippen MR) is 129 cm³/mol. The van der Waals surface area contributed by atoms with E-state index in [1.807, 2.05) is 23.6 Å². The Bertz CT molecular complexity index is 1250. The van der Waals surface area contributed by atoms with Crippen molar-refractivity contribution >= 4 is 28.7 Å². The van der Waals surface area contributed by atoms with E-state index in [4.69, 9.17) is 0 Å². The minimum atomic E-state index is -0.352. The fourth-order valence-corrected chi connectivity index (χ4v) is 4.98. The number of carbonyl (C=O) groups is 2. The maximum atomic E-state index is 14.9. The average Bonchev–Trinajstić information content (AvgIpc) is 3.53. The number of aromatic nitrogens is 3. The maximum absolute atomic E-state index is 14.9. The lowest BCUT2D eigenvalue weighted by Gasteiger charge is -2.28. The molecule has 8 heteroatoms. The quantitative estimate of drug-likeness (QED) is 0.560. The molecule has 0 aliphatic heterocycles. The number of hydrogen-bond donors (Lipinski definition) is 2. The Morgan fingerprint density at radius 1 is 1.15 bits per heavy atom. The monoisotopic (exact) mass is 463 g/mol. The van der Waals surface area contributed by atoms with E-state index in [9.17, 15) is 14.0 Å². The van der Waals surface area contributed by atoms with Crippen LogP contribution in [-0.2, 0) is 16.1 Å². The molecule has 2 aromatic heterocycles. The number of nitrogens with zero attached hydrogens (tertiary/aromatic N) is 3. The van der Waals surface area contributed by atoms with Gasteiger partial charge in [-0.25, -0.2) is 14.4 Å². The highest BCUT2D eigenvalue weighted by molar-refractivity contribution is 5.93. The van der Waals surface area contributed by atoms with Crippen molar-refractivity contribution in [3.8, 4) is 11.1 Å². The Morgan fingerprint density at radius 2 is 1.97 bits per heavy atom. The zero-order valence-electron chi connectivity index (χ0n) is 19.6. The fourth-order valence-electron chi connectivity index (χ4n) is 4.98. The van der Waals surface area contributed by atoms with E-state index in [2.05, 4.69) is 20.6 Å². The number of amides is 2. The van der Waals surface area contributed by atoms with Crippen molar-refractivity contribution in [3.05, 3.63) is 42.1 Å². The van der Waals surface area contributed by atoms with E-state index < -0.39 is 0 Å². The first-order chi connectivity index (χ1) is 16.4. The summed E-state index contributed by atoms with van der Waals surface area (Å²) in [6, 6.07) is 5.31. The molecular weight excluding hydrogens is 433 g/mol. The standard InChI is InChI=1S/C26H30FN5O2/c1-15-12-28-24(31-26(34)18-4-3-5-20(8-18)30-16(2)33)11-21(15)19-9-22(27)25-23(10-19)32(14-29-25)13-17-6-7-17/h9-12,14,17-18,20H,3-8,13H2,1-2H3,(H,30,33)(H,28,31,34)/t18?,20-/m1/s1. The molecule has 178 valence electrons. The van der Waals surface area contributed by atoms with E-state index in [-0.39, 0.29) is 29.6 Å². The number of carbonyl (C=O) groups excluding carboxylic acids is 2. The summed E-state index contributed by atoms with van der Waals surface area (Å²) < 4.78 is 17.0. The Labute approximate surface area is 198 Å². The first-order valence-electron chi connectivity index (χ1n) is 12.1. The summed E-state index contributed by atoms with van der Waals surface area (Å²) in [6.07, 6.45) is 9.03. The van der Waals surface area contributed by atoms with Gasteiger partial charge in [0.05, 0.1) is 11.8 Å². The molecule has 1 unspecified atom stereocenters. The third-order valence-corrected chi connectivity index (χ3v) is 6.95. The second kappa shape index (κ2) is 9.16. The molecule has 34 heavy (non-hydrogen) atoms. The van der Waals surface area contributed by atoms with Crippen LogP contribution < -0.4 is 10.6 Å². The van der Waals surface area contributed by atoms with E-state index in [1.54, 1.807) is 12.5 Å². The zero-order valence-corrected chi connectivity index (χ0v) is 19.6. The van der Waals surface area contributed by atoms with E-state index >= 15 is 0 Å². The van der Waals surface area contributed by atoms with Crippen molar-refractivity contribution in [2.45, 2.75) is 65.0 Å². The highest BCUT2D eigenvalue weighted by atomic mass is 19.1. The van der Waals surface area contributed by atoms with Crippen LogP contribution in [0, 0.1) is 24.6 Å². The average molecular weight is 464 g/mol. The van der Waals surface area contributed by atoms with E-state index in [1.165, 1.54) is 25.8 Å². The van der Waals surface area contributed by atoms with Gasteiger partial charge in [-0.05, 0) is 79.8 Å². The zero-order chi connectivity index (χ0) is 23.8. The lowest BCUT2D eigenvalue weighted by molar-refractivity contribution is -0.123. The Kier molecular flexibility index (Phi) is 6.06. The molecule has 3 aromatic rings. The van der Waals surface area contributed by atoms with Gasteiger partial charge in [-0.1, -0.05) is 6.42 Å². The van der Waals surface area contributed by atoms with Gasteiger partial charge in [0.2, 0.25) is 11.8 Å². The molecule has 2 aliphatic carbocycles. The first-order valence-corrected chi connectivity index (χ1v) is 12.1. The molecule has 2 atom stereocenters. The third-order valence-electron chi connectivity index (χ3n) is 6.95. The molecule has 7 nitrogen and oxygen atoms in total. The number of hydrogen-bond acceptors (Lipinski definition) is 4. The maximum Gasteiger partial charge on any atom is 0.228 e. The summed E-state index contributed by atoms with van der Waals surface area (Å²) in [5, 5.41) is 5.87. The second-order valence-electron chi connectivity index (χ2n) is 9.80. The summed E-state index contributed by atoms with van der Waals surface area (Å²) in [5.41, 5.74) is 3.63. The molecule has 0 saturated heterocycles. The minimum absolute atomic E-state index is 0.0266. The number of halogens is 1. The smallest absolute Gasteiger partial charge is 0.228 e. The molecule has 2 heterocycles. The molecule has 2 N–H and O–H groups in total. The van der Waals surface area contributed by atoms with Crippen LogP contribution in [0.3, 0.4) is 0 Å². The number of rotatable bonds is 6. The first kappa shape index (κ1) is 22.5. The molecule has 0 spiro atoms. The number of pyridine rings is 1. The van der Waals surface area contributed by atoms with Gasteiger partial charge >= 0.3 is 0 Å². The fraction of sp³-hybridized carbons (Fsp3) is 0.462. The molecule has 5 rings (SSSR count). The lowest BCUT2D eigenvalue weighted by Crippen LogP contribution is -2.40. The van der Waals surface area contributed by atoms with Crippen LogP contribution in [-0.4, -0.2) is 32.4 Å². The molecule has 2 aliphatic rings. The van der Waals surface area contributed by atoms with Gasteiger partial charge in [0.25, 0.3) is 0 Å². The highest BCUT2D eigenvalue weighted by Gasteiger charge is 2.28. The topological polar surface area (TPSA) is 88.9 Å². The van der Waals surface area contributed by atoms with Crippen molar-refractivity contribution in [1.82, 2.24) is 19.9 Å². The van der Waals surface area contributed by atoms with Gasteiger partial charge in [-0.15, -0.1) is 0 Å². The summed E-state index contributed by atoms with van der Waals surface area (Å²) in [7, 11) is 0. The van der Waals surface area contributed by atoms with Gasteiger partial charge in [0.15, 0.2) is 5.82 Å². The molecule has 0 bridgehead atoms. The number of anilines is 1. The molecule has 2 fully saturated rings. The van der Waals surface area contributed by atoms with Crippen molar-refractivity contribution in [2.24, 2.45) is 11.8 Å². The predicted octanol–water partition coefficient (Wildman–Crippen LogP) is 4.59. The van der Waals surface area contributed by atoms with Crippen LogP contribution in [0.4, 0.5) is 10.2 Å². The van der Waals surface area contributed by atoms with Gasteiger partial charge in [-0.2, -0.15) is 0 Å². The van der Waals surface area contributed by atoms with E-state index in [0.29, 0.717) is 23.7 Å². The number of nitrogens with one attached hydrogen (secondary N) is 2. The number of fused-ring (bicyclic) bond motifs is 1. The number of imidazole rings is 1. The van der Waals surface area contributed by atoms with Crippen molar-refractivity contribution in [2.75, 3.05) is 5.32 Å². The lowest BCUT2D eigenvalue weighted by atomic mass is 9.85. The second-order valence-corrected chi connectivity index (χ2v) is 9.80. The highest BCUT2D eigenvalue weighted by Crippen LogP contribution is 2.34. The largest absolute Gasteiger partial charge is 0.354 e.